The molecule has 2 aromatic carbocycles. The second-order valence-electron chi connectivity index (χ2n) is 5.26. The largest absolute Gasteiger partial charge is 0.306 e. The van der Waals surface area contributed by atoms with E-state index in [2.05, 4.69) is 10.4 Å². The van der Waals surface area contributed by atoms with Crippen LogP contribution in [0.3, 0.4) is 0 Å². The smallest absolute Gasteiger partial charge is 0.249 e. The number of hydrogen-bond donors (Lipinski definition) is 1. The summed E-state index contributed by atoms with van der Waals surface area (Å²) >= 11 is 0. The van der Waals surface area contributed by atoms with Gasteiger partial charge in [0, 0.05) is 18.3 Å². The van der Waals surface area contributed by atoms with Gasteiger partial charge in [0.2, 0.25) is 5.91 Å². The Morgan fingerprint density at radius 3 is 2.58 bits per heavy atom. The van der Waals surface area contributed by atoms with Crippen LogP contribution in [0.25, 0.3) is 6.08 Å². The maximum atomic E-state index is 12.8. The molecule has 0 atom stereocenters. The molecule has 3 aromatic rings. The van der Waals surface area contributed by atoms with Crippen molar-refractivity contribution in [2.45, 2.75) is 6.54 Å². The molecule has 0 saturated carbocycles. The topological polar surface area (TPSA) is 46.9 Å². The summed E-state index contributed by atoms with van der Waals surface area (Å²) in [7, 11) is 0. The monoisotopic (exact) mass is 321 g/mol. The lowest BCUT2D eigenvalue weighted by molar-refractivity contribution is -0.111. The molecular weight excluding hydrogens is 305 g/mol. The van der Waals surface area contributed by atoms with E-state index in [0.717, 1.165) is 11.1 Å². The zero-order valence-electron chi connectivity index (χ0n) is 12.9. The van der Waals surface area contributed by atoms with Gasteiger partial charge in [0.1, 0.15) is 5.82 Å². The molecule has 0 fully saturated rings. The predicted octanol–water partition coefficient (Wildman–Crippen LogP) is 3.72. The van der Waals surface area contributed by atoms with Crippen molar-refractivity contribution in [1.29, 1.82) is 0 Å². The summed E-state index contributed by atoms with van der Waals surface area (Å²) < 4.78 is 14.6. The molecule has 120 valence electrons. The van der Waals surface area contributed by atoms with E-state index in [1.807, 2.05) is 36.5 Å². The van der Waals surface area contributed by atoms with E-state index in [9.17, 15) is 9.18 Å². The quantitative estimate of drug-likeness (QED) is 0.728. The molecule has 0 spiro atoms. The molecule has 0 aliphatic rings. The molecule has 3 rings (SSSR count). The Morgan fingerprint density at radius 2 is 1.83 bits per heavy atom. The van der Waals surface area contributed by atoms with E-state index in [-0.39, 0.29) is 11.7 Å². The lowest BCUT2D eigenvalue weighted by atomic mass is 10.2. The molecular formula is C19H16FN3O. The van der Waals surface area contributed by atoms with Crippen LogP contribution in [0.4, 0.5) is 10.2 Å². The molecule has 0 bridgehead atoms. The Balaban J connectivity index is 1.58. The van der Waals surface area contributed by atoms with Gasteiger partial charge in [-0.1, -0.05) is 42.5 Å². The van der Waals surface area contributed by atoms with Gasteiger partial charge in [-0.3, -0.25) is 9.48 Å². The minimum absolute atomic E-state index is 0.288. The predicted molar refractivity (Wildman–Crippen MR) is 91.8 cm³/mol. The first-order chi connectivity index (χ1) is 11.7. The van der Waals surface area contributed by atoms with Crippen molar-refractivity contribution in [1.82, 2.24) is 9.78 Å². The summed E-state index contributed by atoms with van der Waals surface area (Å²) in [5, 5.41) is 7.01. The Bertz CT molecular complexity index is 839. The van der Waals surface area contributed by atoms with Gasteiger partial charge < -0.3 is 5.32 Å². The van der Waals surface area contributed by atoms with Gasteiger partial charge in [-0.2, -0.15) is 5.10 Å². The van der Waals surface area contributed by atoms with Crippen molar-refractivity contribution in [2.75, 3.05) is 5.32 Å². The van der Waals surface area contributed by atoms with Crippen LogP contribution in [0.15, 0.2) is 72.9 Å². The molecule has 0 aliphatic heterocycles. The number of benzene rings is 2. The summed E-state index contributed by atoms with van der Waals surface area (Å²) in [6.45, 7) is 0.641. The Hall–Kier alpha value is -3.21. The highest BCUT2D eigenvalue weighted by atomic mass is 19.1. The fourth-order valence-electron chi connectivity index (χ4n) is 2.20. The molecule has 1 N–H and O–H groups in total. The highest BCUT2D eigenvalue weighted by molar-refractivity contribution is 6.01. The van der Waals surface area contributed by atoms with Gasteiger partial charge in [0.25, 0.3) is 0 Å². The second-order valence-corrected chi connectivity index (χ2v) is 5.26. The summed E-state index contributed by atoms with van der Waals surface area (Å²) in [4.78, 5) is 11.9. The maximum absolute atomic E-state index is 12.8. The zero-order chi connectivity index (χ0) is 16.8. The average Bonchev–Trinajstić information content (AvgIpc) is 3.02. The summed E-state index contributed by atoms with van der Waals surface area (Å²) in [6, 6.07) is 17.6. The molecule has 5 heteroatoms. The van der Waals surface area contributed by atoms with Crippen molar-refractivity contribution in [3.05, 3.63) is 89.9 Å². The van der Waals surface area contributed by atoms with E-state index in [4.69, 9.17) is 0 Å². The normalized spacial score (nSPS) is 10.9. The van der Waals surface area contributed by atoms with Gasteiger partial charge in [-0.25, -0.2) is 4.39 Å². The van der Waals surface area contributed by atoms with Crippen molar-refractivity contribution < 1.29 is 9.18 Å². The highest BCUT2D eigenvalue weighted by Crippen LogP contribution is 2.08. The summed E-state index contributed by atoms with van der Waals surface area (Å²) in [6.07, 6.45) is 4.82. The van der Waals surface area contributed by atoms with Crippen LogP contribution in [0.1, 0.15) is 11.1 Å². The first kappa shape index (κ1) is 15.7. The molecule has 0 saturated heterocycles. The van der Waals surface area contributed by atoms with E-state index in [0.29, 0.717) is 12.4 Å². The second kappa shape index (κ2) is 7.37. The molecule has 24 heavy (non-hydrogen) atoms. The fourth-order valence-corrected chi connectivity index (χ4v) is 2.20. The van der Waals surface area contributed by atoms with Crippen molar-refractivity contribution in [3.63, 3.8) is 0 Å². The van der Waals surface area contributed by atoms with Gasteiger partial charge in [0.05, 0.1) is 6.54 Å². The van der Waals surface area contributed by atoms with E-state index in [1.165, 1.54) is 18.2 Å². The number of amides is 1. The third-order valence-electron chi connectivity index (χ3n) is 3.38. The number of nitrogens with zero attached hydrogens (tertiary/aromatic N) is 2. The van der Waals surface area contributed by atoms with Crippen LogP contribution in [-0.4, -0.2) is 15.7 Å². The molecule has 1 amide bonds. The minimum Gasteiger partial charge on any atom is -0.306 e. The molecule has 1 heterocycles. The first-order valence-corrected chi connectivity index (χ1v) is 7.51. The number of rotatable bonds is 5. The molecule has 4 nitrogen and oxygen atoms in total. The SMILES string of the molecule is O=C(/C=C/c1ccc(F)cc1)Nc1ccn(Cc2ccccc2)n1. The number of carbonyl (C=O) groups is 1. The van der Waals surface area contributed by atoms with Crippen molar-refractivity contribution >= 4 is 17.8 Å². The molecule has 0 aliphatic carbocycles. The van der Waals surface area contributed by atoms with Crippen LogP contribution in [0.2, 0.25) is 0 Å². The van der Waals surface area contributed by atoms with E-state index < -0.39 is 0 Å². The van der Waals surface area contributed by atoms with Gasteiger partial charge in [-0.15, -0.1) is 0 Å². The molecule has 0 unspecified atom stereocenters. The Morgan fingerprint density at radius 1 is 1.08 bits per heavy atom. The van der Waals surface area contributed by atoms with Crippen molar-refractivity contribution in [2.24, 2.45) is 0 Å². The lowest BCUT2D eigenvalue weighted by Crippen LogP contribution is -2.09. The van der Waals surface area contributed by atoms with E-state index in [1.54, 1.807) is 29.0 Å². The van der Waals surface area contributed by atoms with Crippen LogP contribution in [0.5, 0.6) is 0 Å². The van der Waals surface area contributed by atoms with Crippen LogP contribution in [0, 0.1) is 5.82 Å². The fraction of sp³-hybridized carbons (Fsp3) is 0.0526. The molecule has 1 aromatic heterocycles. The average molecular weight is 321 g/mol. The Labute approximate surface area is 139 Å². The third-order valence-corrected chi connectivity index (χ3v) is 3.38. The Kier molecular flexibility index (Phi) is 4.81. The highest BCUT2D eigenvalue weighted by Gasteiger charge is 2.03. The summed E-state index contributed by atoms with van der Waals surface area (Å²) in [5.41, 5.74) is 1.89. The van der Waals surface area contributed by atoms with Gasteiger partial charge in [-0.05, 0) is 29.3 Å². The number of nitrogens with one attached hydrogen (secondary N) is 1. The number of carbonyl (C=O) groups excluding carboxylic acids is 1. The maximum Gasteiger partial charge on any atom is 0.249 e. The number of aromatic nitrogens is 2. The molecule has 0 radical (unpaired) electrons. The van der Waals surface area contributed by atoms with Crippen LogP contribution >= 0.6 is 0 Å². The van der Waals surface area contributed by atoms with Gasteiger partial charge in [0.15, 0.2) is 5.82 Å². The summed E-state index contributed by atoms with van der Waals surface area (Å²) in [5.74, 6) is -0.107. The standard InChI is InChI=1S/C19H16FN3O/c20-17-9-6-15(7-10-17)8-11-19(24)21-18-12-13-23(22-18)14-16-4-2-1-3-5-16/h1-13H,14H2,(H,21,22,24)/b11-8+. The van der Waals surface area contributed by atoms with E-state index >= 15 is 0 Å². The van der Waals surface area contributed by atoms with Crippen LogP contribution < -0.4 is 5.32 Å². The number of hydrogen-bond acceptors (Lipinski definition) is 2. The number of anilines is 1. The minimum atomic E-state index is -0.305. The number of halogens is 1. The van der Waals surface area contributed by atoms with Gasteiger partial charge >= 0.3 is 0 Å². The lowest BCUT2D eigenvalue weighted by Gasteiger charge is -2.01. The van der Waals surface area contributed by atoms with Crippen molar-refractivity contribution in [3.8, 4) is 0 Å². The zero-order valence-corrected chi connectivity index (χ0v) is 12.9. The first-order valence-electron chi connectivity index (χ1n) is 7.51. The third kappa shape index (κ3) is 4.39. The van der Waals surface area contributed by atoms with Crippen LogP contribution in [-0.2, 0) is 11.3 Å².